The first-order chi connectivity index (χ1) is 10.3. The largest absolute Gasteiger partial charge is 0.313 e. The molecule has 0 bridgehead atoms. The summed E-state index contributed by atoms with van der Waals surface area (Å²) in [4.78, 5) is 4.93. The van der Waals surface area contributed by atoms with Crippen molar-refractivity contribution in [2.75, 3.05) is 6.54 Å². The van der Waals surface area contributed by atoms with E-state index in [2.05, 4.69) is 37.4 Å². The quantitative estimate of drug-likeness (QED) is 0.827. The van der Waals surface area contributed by atoms with Crippen LogP contribution in [-0.2, 0) is 19.4 Å². The molecule has 21 heavy (non-hydrogen) atoms. The minimum absolute atomic E-state index is 0.991. The lowest BCUT2D eigenvalue weighted by molar-refractivity contribution is 0.624. The first-order valence-electron chi connectivity index (χ1n) is 8.41. The van der Waals surface area contributed by atoms with Crippen molar-refractivity contribution in [2.24, 2.45) is 0 Å². The van der Waals surface area contributed by atoms with Gasteiger partial charge in [0.2, 0.25) is 0 Å². The maximum atomic E-state index is 4.93. The third-order valence-electron chi connectivity index (χ3n) is 4.54. The summed E-state index contributed by atoms with van der Waals surface area (Å²) in [6.07, 6.45) is 7.47. The fourth-order valence-electron chi connectivity index (χ4n) is 3.35. The van der Waals surface area contributed by atoms with Crippen LogP contribution in [0, 0.1) is 6.92 Å². The Morgan fingerprint density at radius 3 is 2.90 bits per heavy atom. The van der Waals surface area contributed by atoms with Crippen molar-refractivity contribution in [3.05, 3.63) is 40.6 Å². The number of nitrogens with zero attached hydrogens (tertiary/aromatic N) is 1. The van der Waals surface area contributed by atoms with Crippen molar-refractivity contribution >= 4 is 10.9 Å². The number of pyridine rings is 1. The number of nitrogens with one attached hydrogen (secondary N) is 1. The van der Waals surface area contributed by atoms with Crippen LogP contribution < -0.4 is 5.32 Å². The smallest absolute Gasteiger partial charge is 0.0708 e. The Kier molecular flexibility index (Phi) is 4.54. The zero-order valence-electron chi connectivity index (χ0n) is 13.3. The molecule has 1 heterocycles. The molecule has 2 nitrogen and oxygen atoms in total. The third kappa shape index (κ3) is 3.11. The summed E-state index contributed by atoms with van der Waals surface area (Å²) in [6.45, 7) is 6.52. The SMILES string of the molecule is CCCCNCc1c2c(nc3ccc(C)cc13)CCCC2. The topological polar surface area (TPSA) is 24.9 Å². The highest BCUT2D eigenvalue weighted by atomic mass is 14.8. The predicted molar refractivity (Wildman–Crippen MR) is 89.7 cm³/mol. The highest BCUT2D eigenvalue weighted by Crippen LogP contribution is 2.29. The van der Waals surface area contributed by atoms with Crippen molar-refractivity contribution in [3.8, 4) is 0 Å². The zero-order valence-corrected chi connectivity index (χ0v) is 13.3. The van der Waals surface area contributed by atoms with Gasteiger partial charge in [-0.15, -0.1) is 0 Å². The lowest BCUT2D eigenvalue weighted by atomic mass is 9.89. The molecule has 1 aromatic carbocycles. The zero-order chi connectivity index (χ0) is 14.7. The second-order valence-electron chi connectivity index (χ2n) is 6.27. The molecule has 3 rings (SSSR count). The number of aromatic nitrogens is 1. The molecule has 0 fully saturated rings. The summed E-state index contributed by atoms with van der Waals surface area (Å²) in [5.74, 6) is 0. The number of benzene rings is 1. The lowest BCUT2D eigenvalue weighted by Crippen LogP contribution is -2.18. The van der Waals surface area contributed by atoms with Crippen LogP contribution in [0.15, 0.2) is 18.2 Å². The molecule has 0 saturated carbocycles. The Labute approximate surface area is 128 Å². The Balaban J connectivity index is 2.01. The van der Waals surface area contributed by atoms with Crippen molar-refractivity contribution < 1.29 is 0 Å². The van der Waals surface area contributed by atoms with Gasteiger partial charge in [0, 0.05) is 17.6 Å². The number of hydrogen-bond donors (Lipinski definition) is 1. The highest BCUT2D eigenvalue weighted by Gasteiger charge is 2.17. The summed E-state index contributed by atoms with van der Waals surface area (Å²) in [6, 6.07) is 6.68. The number of hydrogen-bond acceptors (Lipinski definition) is 2. The van der Waals surface area contributed by atoms with Gasteiger partial charge in [-0.25, -0.2) is 0 Å². The number of fused-ring (bicyclic) bond motifs is 2. The Hall–Kier alpha value is -1.41. The van der Waals surface area contributed by atoms with Crippen molar-refractivity contribution in [3.63, 3.8) is 0 Å². The molecule has 0 unspecified atom stereocenters. The van der Waals surface area contributed by atoms with Crippen LogP contribution in [0.4, 0.5) is 0 Å². The fraction of sp³-hybridized carbons (Fsp3) is 0.526. The molecule has 0 radical (unpaired) electrons. The van der Waals surface area contributed by atoms with Gasteiger partial charge in [-0.2, -0.15) is 0 Å². The van der Waals surface area contributed by atoms with Gasteiger partial charge >= 0.3 is 0 Å². The van der Waals surface area contributed by atoms with Gasteiger partial charge < -0.3 is 5.32 Å². The first-order valence-corrected chi connectivity index (χ1v) is 8.41. The molecule has 2 heteroatoms. The lowest BCUT2D eigenvalue weighted by Gasteiger charge is -2.21. The second-order valence-corrected chi connectivity index (χ2v) is 6.27. The number of rotatable bonds is 5. The van der Waals surface area contributed by atoms with Gasteiger partial charge in [0.1, 0.15) is 0 Å². The molecular formula is C19H26N2. The number of aryl methyl sites for hydroxylation is 2. The molecule has 112 valence electrons. The highest BCUT2D eigenvalue weighted by molar-refractivity contribution is 5.84. The Bertz CT molecular complexity index is 631. The standard InChI is InChI=1S/C19H26N2/c1-3-4-11-20-13-17-15-7-5-6-8-18(15)21-19-10-9-14(2)12-16(17)19/h9-10,12,20H,3-8,11,13H2,1-2H3. The molecular weight excluding hydrogens is 256 g/mol. The van der Waals surface area contributed by atoms with E-state index in [0.717, 1.165) is 19.5 Å². The molecule has 1 aliphatic rings. The van der Waals surface area contributed by atoms with Crippen molar-refractivity contribution in [2.45, 2.75) is 58.9 Å². The van der Waals surface area contributed by atoms with Crippen LogP contribution in [0.3, 0.4) is 0 Å². The first kappa shape index (κ1) is 14.5. The monoisotopic (exact) mass is 282 g/mol. The molecule has 1 aliphatic carbocycles. The van der Waals surface area contributed by atoms with E-state index >= 15 is 0 Å². The van der Waals surface area contributed by atoms with E-state index in [1.807, 2.05) is 0 Å². The van der Waals surface area contributed by atoms with E-state index < -0.39 is 0 Å². The minimum Gasteiger partial charge on any atom is -0.313 e. The van der Waals surface area contributed by atoms with E-state index in [1.54, 1.807) is 0 Å². The van der Waals surface area contributed by atoms with Crippen LogP contribution >= 0.6 is 0 Å². The summed E-state index contributed by atoms with van der Waals surface area (Å²) in [5.41, 5.74) is 6.89. The number of unbranched alkanes of at least 4 members (excludes halogenated alkanes) is 1. The summed E-state index contributed by atoms with van der Waals surface area (Å²) in [7, 11) is 0. The maximum absolute atomic E-state index is 4.93. The summed E-state index contributed by atoms with van der Waals surface area (Å²) >= 11 is 0. The van der Waals surface area contributed by atoms with E-state index in [1.165, 1.54) is 65.4 Å². The van der Waals surface area contributed by atoms with Gasteiger partial charge in [0.05, 0.1) is 5.52 Å². The summed E-state index contributed by atoms with van der Waals surface area (Å²) < 4.78 is 0. The fourth-order valence-corrected chi connectivity index (χ4v) is 3.35. The Morgan fingerprint density at radius 1 is 1.19 bits per heavy atom. The molecule has 0 saturated heterocycles. The predicted octanol–water partition coefficient (Wildman–Crippen LogP) is 4.31. The third-order valence-corrected chi connectivity index (χ3v) is 4.54. The second kappa shape index (κ2) is 6.57. The van der Waals surface area contributed by atoms with E-state index in [-0.39, 0.29) is 0 Å². The molecule has 1 N–H and O–H groups in total. The normalized spacial score (nSPS) is 14.4. The summed E-state index contributed by atoms with van der Waals surface area (Å²) in [5, 5.41) is 5.00. The van der Waals surface area contributed by atoms with Crippen LogP contribution in [-0.4, -0.2) is 11.5 Å². The molecule has 0 spiro atoms. The molecule has 0 atom stereocenters. The van der Waals surface area contributed by atoms with Crippen LogP contribution in [0.1, 0.15) is 55.0 Å². The Morgan fingerprint density at radius 2 is 2.05 bits per heavy atom. The minimum atomic E-state index is 0.991. The average Bonchev–Trinajstić information content (AvgIpc) is 2.51. The molecule has 2 aromatic rings. The van der Waals surface area contributed by atoms with Crippen LogP contribution in [0.5, 0.6) is 0 Å². The van der Waals surface area contributed by atoms with Gasteiger partial charge in [-0.3, -0.25) is 4.98 Å². The maximum Gasteiger partial charge on any atom is 0.0708 e. The van der Waals surface area contributed by atoms with Gasteiger partial charge in [0.15, 0.2) is 0 Å². The van der Waals surface area contributed by atoms with Crippen LogP contribution in [0.25, 0.3) is 10.9 Å². The van der Waals surface area contributed by atoms with E-state index in [4.69, 9.17) is 4.98 Å². The van der Waals surface area contributed by atoms with Gasteiger partial charge in [-0.05, 0) is 68.8 Å². The van der Waals surface area contributed by atoms with Crippen LogP contribution in [0.2, 0.25) is 0 Å². The van der Waals surface area contributed by atoms with Gasteiger partial charge in [-0.1, -0.05) is 25.0 Å². The molecule has 0 aliphatic heterocycles. The molecule has 1 aromatic heterocycles. The van der Waals surface area contributed by atoms with Crippen molar-refractivity contribution in [1.82, 2.24) is 10.3 Å². The average molecular weight is 282 g/mol. The van der Waals surface area contributed by atoms with E-state index in [9.17, 15) is 0 Å². The molecule has 0 amide bonds. The van der Waals surface area contributed by atoms with Gasteiger partial charge in [0.25, 0.3) is 0 Å². The van der Waals surface area contributed by atoms with E-state index in [0.29, 0.717) is 0 Å². The van der Waals surface area contributed by atoms with Crippen molar-refractivity contribution in [1.29, 1.82) is 0 Å².